The maximum Gasteiger partial charge on any atom is 0.0434 e. The molecule has 1 unspecified atom stereocenters. The van der Waals surface area contributed by atoms with Crippen LogP contribution in [0.3, 0.4) is 0 Å². The first-order chi connectivity index (χ1) is 7.79. The van der Waals surface area contributed by atoms with E-state index >= 15 is 0 Å². The maximum atomic E-state index is 6.02. The molecule has 2 rings (SSSR count). The number of nitrogens with zero attached hydrogens (tertiary/aromatic N) is 1. The molecule has 0 amide bonds. The number of piperidine rings is 1. The molecule has 1 atom stereocenters. The molecule has 16 heavy (non-hydrogen) atoms. The number of hydrogen-bond donors (Lipinski definition) is 1. The minimum absolute atomic E-state index is 0.647. The van der Waals surface area contributed by atoms with Crippen LogP contribution in [0.4, 0.5) is 0 Å². The van der Waals surface area contributed by atoms with Crippen LogP contribution in [0.2, 0.25) is 0 Å². The molecule has 1 saturated heterocycles. The third kappa shape index (κ3) is 3.92. The fraction of sp³-hybridized carbons (Fsp3) is 0.833. The molecule has 0 radical (unpaired) electrons. The summed E-state index contributed by atoms with van der Waals surface area (Å²) in [7, 11) is 0. The van der Waals surface area contributed by atoms with Gasteiger partial charge in [0.15, 0.2) is 0 Å². The van der Waals surface area contributed by atoms with Gasteiger partial charge >= 0.3 is 0 Å². The number of rotatable bonds is 5. The number of nitrogens with one attached hydrogen (secondary N) is 1. The molecule has 0 aromatic carbocycles. The van der Waals surface area contributed by atoms with E-state index < -0.39 is 0 Å². The van der Waals surface area contributed by atoms with E-state index in [-0.39, 0.29) is 0 Å². The normalized spacial score (nSPS) is 27.4. The summed E-state index contributed by atoms with van der Waals surface area (Å²) in [5.74, 6) is 0. The summed E-state index contributed by atoms with van der Waals surface area (Å²) >= 11 is 11.6. The average molecular weight is 263 g/mol. The maximum absolute atomic E-state index is 6.02. The first-order valence-corrected chi connectivity index (χ1v) is 7.03. The Bertz CT molecular complexity index is 245. The van der Waals surface area contributed by atoms with E-state index in [4.69, 9.17) is 23.2 Å². The Kier molecular flexibility index (Phi) is 4.96. The van der Waals surface area contributed by atoms with E-state index in [9.17, 15) is 0 Å². The molecule has 0 aromatic rings. The van der Waals surface area contributed by atoms with Crippen molar-refractivity contribution in [2.45, 2.75) is 44.2 Å². The second kappa shape index (κ2) is 6.25. The monoisotopic (exact) mass is 262 g/mol. The lowest BCUT2D eigenvalue weighted by molar-refractivity contribution is 0.233. The quantitative estimate of drug-likeness (QED) is 0.820. The van der Waals surface area contributed by atoms with Crippen LogP contribution < -0.4 is 5.32 Å². The lowest BCUT2D eigenvalue weighted by Crippen LogP contribution is -2.44. The summed E-state index contributed by atoms with van der Waals surface area (Å²) in [5.41, 5.74) is 1.49. The van der Waals surface area contributed by atoms with Gasteiger partial charge in [0, 0.05) is 35.7 Å². The van der Waals surface area contributed by atoms with Gasteiger partial charge in [0.2, 0.25) is 0 Å². The van der Waals surface area contributed by atoms with Crippen molar-refractivity contribution in [2.75, 3.05) is 19.6 Å². The van der Waals surface area contributed by atoms with Crippen LogP contribution in [-0.2, 0) is 0 Å². The van der Waals surface area contributed by atoms with Gasteiger partial charge < -0.3 is 5.32 Å². The van der Waals surface area contributed by atoms with Gasteiger partial charge in [-0.15, -0.1) is 0 Å². The molecule has 2 aliphatic rings. The molecule has 1 saturated carbocycles. The van der Waals surface area contributed by atoms with Crippen molar-refractivity contribution < 1.29 is 0 Å². The molecule has 2 fully saturated rings. The number of hydrogen-bond acceptors (Lipinski definition) is 2. The minimum Gasteiger partial charge on any atom is -0.313 e. The predicted molar refractivity (Wildman–Crippen MR) is 70.0 cm³/mol. The van der Waals surface area contributed by atoms with Crippen LogP contribution >= 0.6 is 23.2 Å². The largest absolute Gasteiger partial charge is 0.313 e. The summed E-state index contributed by atoms with van der Waals surface area (Å²) in [4.78, 5) is 2.48. The van der Waals surface area contributed by atoms with Crippen molar-refractivity contribution >= 4 is 23.2 Å². The molecular weight excluding hydrogens is 243 g/mol. The van der Waals surface area contributed by atoms with E-state index in [0.29, 0.717) is 6.04 Å². The highest BCUT2D eigenvalue weighted by atomic mass is 35.5. The molecule has 92 valence electrons. The molecule has 1 aliphatic heterocycles. The van der Waals surface area contributed by atoms with Gasteiger partial charge in [-0.3, -0.25) is 4.90 Å². The molecule has 0 spiro atoms. The van der Waals surface area contributed by atoms with Gasteiger partial charge in [-0.05, 0) is 32.2 Å². The van der Waals surface area contributed by atoms with Crippen LogP contribution in [0.25, 0.3) is 0 Å². The van der Waals surface area contributed by atoms with Gasteiger partial charge in [-0.1, -0.05) is 29.6 Å². The van der Waals surface area contributed by atoms with Crippen molar-refractivity contribution in [2.24, 2.45) is 0 Å². The van der Waals surface area contributed by atoms with Crippen molar-refractivity contribution in [1.82, 2.24) is 10.2 Å². The van der Waals surface area contributed by atoms with Crippen LogP contribution in [0.5, 0.6) is 0 Å². The molecule has 1 N–H and O–H groups in total. The lowest BCUT2D eigenvalue weighted by Gasteiger charge is -2.30. The molecule has 1 aliphatic carbocycles. The van der Waals surface area contributed by atoms with Crippen LogP contribution in [0, 0.1) is 0 Å². The summed E-state index contributed by atoms with van der Waals surface area (Å²) in [5, 5.41) is 4.34. The van der Waals surface area contributed by atoms with Crippen LogP contribution in [0.1, 0.15) is 32.1 Å². The van der Waals surface area contributed by atoms with Crippen molar-refractivity contribution in [1.29, 1.82) is 0 Å². The second-order valence-electron chi connectivity index (χ2n) is 4.86. The Morgan fingerprint density at radius 3 is 2.69 bits per heavy atom. The zero-order valence-corrected chi connectivity index (χ0v) is 11.1. The molecule has 4 heteroatoms. The first kappa shape index (κ1) is 12.7. The standard InChI is InChI=1S/C12H20Cl2N2/c13-7-10(14)8-16(12-4-5-12)9-11-3-1-2-6-15-11/h7,11-12,15H,1-6,8-9H2/b10-7+. The van der Waals surface area contributed by atoms with E-state index in [0.717, 1.165) is 24.2 Å². The fourth-order valence-corrected chi connectivity index (χ4v) is 2.60. The molecule has 1 heterocycles. The Balaban J connectivity index is 1.81. The zero-order valence-electron chi connectivity index (χ0n) is 9.59. The minimum atomic E-state index is 0.647. The summed E-state index contributed by atoms with van der Waals surface area (Å²) in [6.45, 7) is 3.10. The molecule has 0 aromatic heterocycles. The lowest BCUT2D eigenvalue weighted by atomic mass is 10.0. The van der Waals surface area contributed by atoms with Gasteiger partial charge in [0.25, 0.3) is 0 Å². The van der Waals surface area contributed by atoms with Gasteiger partial charge in [0.05, 0.1) is 0 Å². The Morgan fingerprint density at radius 2 is 2.12 bits per heavy atom. The highest BCUT2D eigenvalue weighted by Gasteiger charge is 2.30. The van der Waals surface area contributed by atoms with E-state index in [1.807, 2.05) is 0 Å². The second-order valence-corrected chi connectivity index (χ2v) is 5.57. The number of halogens is 2. The molecular formula is C12H20Cl2N2. The van der Waals surface area contributed by atoms with Crippen molar-refractivity contribution in [3.63, 3.8) is 0 Å². The van der Waals surface area contributed by atoms with E-state index in [1.165, 1.54) is 44.2 Å². The smallest absolute Gasteiger partial charge is 0.0434 e. The third-order valence-electron chi connectivity index (χ3n) is 3.40. The van der Waals surface area contributed by atoms with Crippen LogP contribution in [0.15, 0.2) is 10.6 Å². The summed E-state index contributed by atoms with van der Waals surface area (Å²) in [6.07, 6.45) is 6.61. The van der Waals surface area contributed by atoms with E-state index in [2.05, 4.69) is 10.2 Å². The molecule has 2 nitrogen and oxygen atoms in total. The predicted octanol–water partition coefficient (Wildman–Crippen LogP) is 2.91. The van der Waals surface area contributed by atoms with Crippen molar-refractivity contribution in [3.05, 3.63) is 10.6 Å². The Morgan fingerprint density at radius 1 is 1.31 bits per heavy atom. The van der Waals surface area contributed by atoms with Gasteiger partial charge in [-0.25, -0.2) is 0 Å². The van der Waals surface area contributed by atoms with Crippen LogP contribution in [-0.4, -0.2) is 36.6 Å². The highest BCUT2D eigenvalue weighted by Crippen LogP contribution is 2.28. The summed E-state index contributed by atoms with van der Waals surface area (Å²) < 4.78 is 0. The third-order valence-corrected chi connectivity index (χ3v) is 4.01. The SMILES string of the molecule is Cl/C=C(/Cl)CN(CC1CCCCN1)C1CC1. The topological polar surface area (TPSA) is 15.3 Å². The average Bonchev–Trinajstić information content (AvgIpc) is 3.13. The Hall–Kier alpha value is 0.240. The first-order valence-electron chi connectivity index (χ1n) is 6.22. The fourth-order valence-electron chi connectivity index (χ4n) is 2.37. The van der Waals surface area contributed by atoms with Gasteiger partial charge in [0.1, 0.15) is 0 Å². The van der Waals surface area contributed by atoms with Crippen molar-refractivity contribution in [3.8, 4) is 0 Å². The Labute approximate surface area is 108 Å². The van der Waals surface area contributed by atoms with E-state index in [1.54, 1.807) is 0 Å². The van der Waals surface area contributed by atoms with Gasteiger partial charge in [-0.2, -0.15) is 0 Å². The summed E-state index contributed by atoms with van der Waals surface area (Å²) in [6, 6.07) is 1.39. The molecule has 0 bridgehead atoms. The zero-order chi connectivity index (χ0) is 11.4. The highest BCUT2D eigenvalue weighted by molar-refractivity contribution is 6.36.